The SMILES string of the molecule is Cc1ccc2nc(/C(Cl)=C/c3ccc(F)cc3)cc(=O)n2c1. The highest BCUT2D eigenvalue weighted by Gasteiger charge is 2.06. The van der Waals surface area contributed by atoms with Gasteiger partial charge in [-0.25, -0.2) is 9.37 Å². The summed E-state index contributed by atoms with van der Waals surface area (Å²) in [4.78, 5) is 16.5. The molecule has 0 spiro atoms. The molecule has 3 nitrogen and oxygen atoms in total. The fourth-order valence-electron chi connectivity index (χ4n) is 2.11. The Morgan fingerprint density at radius 1 is 1.23 bits per heavy atom. The number of pyridine rings is 1. The van der Waals surface area contributed by atoms with Crippen molar-refractivity contribution < 1.29 is 4.39 Å². The lowest BCUT2D eigenvalue weighted by Crippen LogP contribution is -2.15. The van der Waals surface area contributed by atoms with Crippen LogP contribution in [-0.4, -0.2) is 9.38 Å². The molecule has 0 aliphatic carbocycles. The molecule has 0 aliphatic rings. The second-order valence-electron chi connectivity index (χ2n) is 4.96. The summed E-state index contributed by atoms with van der Waals surface area (Å²) in [7, 11) is 0. The Labute approximate surface area is 131 Å². The van der Waals surface area contributed by atoms with Gasteiger partial charge in [0.15, 0.2) is 0 Å². The van der Waals surface area contributed by atoms with E-state index in [1.807, 2.05) is 13.0 Å². The number of hydrogen-bond acceptors (Lipinski definition) is 2. The molecule has 3 rings (SSSR count). The summed E-state index contributed by atoms with van der Waals surface area (Å²) in [6, 6.07) is 10.9. The van der Waals surface area contributed by atoms with Gasteiger partial charge in [0.05, 0.1) is 10.7 Å². The van der Waals surface area contributed by atoms with E-state index < -0.39 is 0 Å². The molecular formula is C17H12ClFN2O. The maximum absolute atomic E-state index is 12.9. The Balaban J connectivity index is 2.07. The van der Waals surface area contributed by atoms with Crippen LogP contribution >= 0.6 is 11.6 Å². The van der Waals surface area contributed by atoms with Gasteiger partial charge < -0.3 is 0 Å². The van der Waals surface area contributed by atoms with Crippen LogP contribution in [-0.2, 0) is 0 Å². The summed E-state index contributed by atoms with van der Waals surface area (Å²) in [6.07, 6.45) is 3.37. The quantitative estimate of drug-likeness (QED) is 0.719. The first kappa shape index (κ1) is 14.5. The zero-order valence-corrected chi connectivity index (χ0v) is 12.5. The Morgan fingerprint density at radius 2 is 1.95 bits per heavy atom. The van der Waals surface area contributed by atoms with E-state index in [2.05, 4.69) is 4.98 Å². The maximum Gasteiger partial charge on any atom is 0.258 e. The van der Waals surface area contributed by atoms with Crippen molar-refractivity contribution in [2.24, 2.45) is 0 Å². The molecule has 5 heteroatoms. The predicted octanol–water partition coefficient (Wildman–Crippen LogP) is 3.88. The van der Waals surface area contributed by atoms with Gasteiger partial charge in [-0.15, -0.1) is 0 Å². The Morgan fingerprint density at radius 3 is 2.68 bits per heavy atom. The summed E-state index contributed by atoms with van der Waals surface area (Å²) in [6.45, 7) is 1.90. The molecule has 110 valence electrons. The van der Waals surface area contributed by atoms with Crippen LogP contribution in [0.4, 0.5) is 4.39 Å². The standard InChI is InChI=1S/C17H12ClFN2O/c1-11-2-7-16-20-15(9-17(22)21(16)10-11)14(18)8-12-3-5-13(19)6-4-12/h2-10H,1H3/b14-8-. The highest BCUT2D eigenvalue weighted by Crippen LogP contribution is 2.20. The topological polar surface area (TPSA) is 34.4 Å². The molecule has 0 amide bonds. The summed E-state index contributed by atoms with van der Waals surface area (Å²) in [5.41, 5.74) is 2.42. The molecule has 0 saturated heterocycles. The van der Waals surface area contributed by atoms with E-state index in [9.17, 15) is 9.18 Å². The second kappa shape index (κ2) is 5.73. The summed E-state index contributed by atoms with van der Waals surface area (Å²) in [5, 5.41) is 0.326. The first-order valence-electron chi connectivity index (χ1n) is 6.66. The van der Waals surface area contributed by atoms with Crippen LogP contribution in [0.5, 0.6) is 0 Å². The first-order chi connectivity index (χ1) is 10.5. The third-order valence-corrected chi connectivity index (χ3v) is 3.52. The molecule has 0 fully saturated rings. The van der Waals surface area contributed by atoms with Crippen molar-refractivity contribution in [1.82, 2.24) is 9.38 Å². The molecule has 0 atom stereocenters. The van der Waals surface area contributed by atoms with Gasteiger partial charge in [-0.05, 0) is 42.3 Å². The van der Waals surface area contributed by atoms with E-state index in [0.717, 1.165) is 11.1 Å². The van der Waals surface area contributed by atoms with Crippen molar-refractivity contribution in [2.45, 2.75) is 6.92 Å². The van der Waals surface area contributed by atoms with Crippen molar-refractivity contribution in [3.8, 4) is 0 Å². The Kier molecular flexibility index (Phi) is 3.77. The number of hydrogen-bond donors (Lipinski definition) is 0. The molecule has 3 aromatic rings. The minimum atomic E-state index is -0.314. The normalized spacial score (nSPS) is 11.9. The monoisotopic (exact) mass is 314 g/mol. The van der Waals surface area contributed by atoms with Crippen LogP contribution in [0.1, 0.15) is 16.8 Å². The van der Waals surface area contributed by atoms with Gasteiger partial charge >= 0.3 is 0 Å². The van der Waals surface area contributed by atoms with Crippen LogP contribution in [0.3, 0.4) is 0 Å². The highest BCUT2D eigenvalue weighted by molar-refractivity contribution is 6.51. The molecule has 0 N–H and O–H groups in total. The van der Waals surface area contributed by atoms with Crippen LogP contribution < -0.4 is 5.56 Å². The van der Waals surface area contributed by atoms with E-state index in [1.165, 1.54) is 22.6 Å². The van der Waals surface area contributed by atoms with Crippen molar-refractivity contribution in [2.75, 3.05) is 0 Å². The number of aromatic nitrogens is 2. The van der Waals surface area contributed by atoms with Gasteiger partial charge in [0, 0.05) is 12.3 Å². The fraction of sp³-hybridized carbons (Fsp3) is 0.0588. The molecular weight excluding hydrogens is 303 g/mol. The number of benzene rings is 1. The van der Waals surface area contributed by atoms with Gasteiger partial charge in [0.2, 0.25) is 0 Å². The lowest BCUT2D eigenvalue weighted by atomic mass is 10.2. The van der Waals surface area contributed by atoms with Gasteiger partial charge in [0.1, 0.15) is 11.5 Å². The molecule has 22 heavy (non-hydrogen) atoms. The van der Waals surface area contributed by atoms with Gasteiger partial charge in [0.25, 0.3) is 5.56 Å². The number of rotatable bonds is 2. The molecule has 1 aromatic carbocycles. The predicted molar refractivity (Wildman–Crippen MR) is 86.3 cm³/mol. The minimum absolute atomic E-state index is 0.200. The van der Waals surface area contributed by atoms with Crippen molar-refractivity contribution in [3.63, 3.8) is 0 Å². The zero-order chi connectivity index (χ0) is 15.7. The zero-order valence-electron chi connectivity index (χ0n) is 11.8. The van der Waals surface area contributed by atoms with Gasteiger partial charge in [-0.2, -0.15) is 0 Å². The molecule has 2 aromatic heterocycles. The number of nitrogens with zero attached hydrogens (tertiary/aromatic N) is 2. The molecule has 0 aliphatic heterocycles. The van der Waals surface area contributed by atoms with Crippen LogP contribution in [0.15, 0.2) is 53.5 Å². The van der Waals surface area contributed by atoms with E-state index in [1.54, 1.807) is 30.5 Å². The van der Waals surface area contributed by atoms with Crippen LogP contribution in [0, 0.1) is 12.7 Å². The third-order valence-electron chi connectivity index (χ3n) is 3.22. The lowest BCUT2D eigenvalue weighted by Gasteiger charge is -2.04. The van der Waals surface area contributed by atoms with E-state index in [0.29, 0.717) is 16.4 Å². The van der Waals surface area contributed by atoms with Crippen molar-refractivity contribution in [1.29, 1.82) is 0 Å². The van der Waals surface area contributed by atoms with Gasteiger partial charge in [-0.1, -0.05) is 29.8 Å². The molecule has 0 unspecified atom stereocenters. The number of fused-ring (bicyclic) bond motifs is 1. The summed E-state index contributed by atoms with van der Waals surface area (Å²) >= 11 is 6.24. The van der Waals surface area contributed by atoms with E-state index in [4.69, 9.17) is 11.6 Å². The van der Waals surface area contributed by atoms with Crippen LogP contribution in [0.25, 0.3) is 16.8 Å². The smallest absolute Gasteiger partial charge is 0.258 e. The van der Waals surface area contributed by atoms with Crippen LogP contribution in [0.2, 0.25) is 0 Å². The first-order valence-corrected chi connectivity index (χ1v) is 7.04. The van der Waals surface area contributed by atoms with Crippen molar-refractivity contribution in [3.05, 3.63) is 81.7 Å². The minimum Gasteiger partial charge on any atom is -0.269 e. The average Bonchev–Trinajstić information content (AvgIpc) is 2.50. The highest BCUT2D eigenvalue weighted by atomic mass is 35.5. The fourth-order valence-corrected chi connectivity index (χ4v) is 2.33. The van der Waals surface area contributed by atoms with Gasteiger partial charge in [-0.3, -0.25) is 9.20 Å². The largest absolute Gasteiger partial charge is 0.269 e. The molecule has 2 heterocycles. The second-order valence-corrected chi connectivity index (χ2v) is 5.37. The number of aryl methyl sites for hydroxylation is 1. The summed E-state index contributed by atoms with van der Waals surface area (Å²) < 4.78 is 14.4. The van der Waals surface area contributed by atoms with Crippen molar-refractivity contribution >= 4 is 28.4 Å². The average molecular weight is 315 g/mol. The lowest BCUT2D eigenvalue weighted by molar-refractivity contribution is 0.628. The van der Waals surface area contributed by atoms with E-state index >= 15 is 0 Å². The maximum atomic E-state index is 12.9. The number of halogens is 2. The molecule has 0 radical (unpaired) electrons. The molecule has 0 bridgehead atoms. The third kappa shape index (κ3) is 2.92. The Hall–Kier alpha value is -2.46. The van der Waals surface area contributed by atoms with E-state index in [-0.39, 0.29) is 11.4 Å². The summed E-state index contributed by atoms with van der Waals surface area (Å²) in [5.74, 6) is -0.314. The molecule has 0 saturated carbocycles. The Bertz CT molecular complexity index is 930.